The number of nitrogens with zero attached hydrogens (tertiary/aromatic N) is 3. The Hall–Kier alpha value is -6.06. The van der Waals surface area contributed by atoms with Gasteiger partial charge in [0.05, 0.1) is 22.1 Å². The van der Waals surface area contributed by atoms with Gasteiger partial charge in [-0.3, -0.25) is 0 Å². The fourth-order valence-corrected chi connectivity index (χ4v) is 6.97. The standard InChI is InChI=1S/C42H29N3/c1-2-14-30(15-3-1)43(31-16-12-18-33(28-31)44-39-24-8-4-20-35(39)36-21-5-9-25-40(36)44)32-17-13-19-34(29-32)45-41-26-10-6-22-37(41)38-23-7-11-27-42(38)45/h1-29H. The summed E-state index contributed by atoms with van der Waals surface area (Å²) in [5.74, 6) is 0. The lowest BCUT2D eigenvalue weighted by atomic mass is 10.1. The molecule has 3 nitrogen and oxygen atoms in total. The Morgan fingerprint density at radius 1 is 0.289 bits per heavy atom. The largest absolute Gasteiger partial charge is 0.310 e. The first-order chi connectivity index (χ1) is 22.3. The molecule has 0 unspecified atom stereocenters. The van der Waals surface area contributed by atoms with E-state index >= 15 is 0 Å². The average molecular weight is 576 g/mol. The predicted octanol–water partition coefficient (Wildman–Crippen LogP) is 11.4. The molecule has 0 bridgehead atoms. The van der Waals surface area contributed by atoms with Crippen molar-refractivity contribution >= 4 is 60.7 Å². The second-order valence-electron chi connectivity index (χ2n) is 11.5. The summed E-state index contributed by atoms with van der Waals surface area (Å²) in [6.45, 7) is 0. The molecule has 0 saturated carbocycles. The van der Waals surface area contributed by atoms with Gasteiger partial charge in [0.1, 0.15) is 0 Å². The van der Waals surface area contributed by atoms with Gasteiger partial charge in [-0.15, -0.1) is 0 Å². The smallest absolute Gasteiger partial charge is 0.0541 e. The van der Waals surface area contributed by atoms with Gasteiger partial charge in [-0.2, -0.15) is 0 Å². The van der Waals surface area contributed by atoms with E-state index in [-0.39, 0.29) is 0 Å². The van der Waals surface area contributed by atoms with E-state index in [2.05, 4.69) is 190 Å². The van der Waals surface area contributed by atoms with E-state index in [4.69, 9.17) is 0 Å². The summed E-state index contributed by atoms with van der Waals surface area (Å²) < 4.78 is 4.76. The Bertz CT molecular complexity index is 2240. The second-order valence-corrected chi connectivity index (χ2v) is 11.5. The lowest BCUT2D eigenvalue weighted by Gasteiger charge is -2.27. The van der Waals surface area contributed by atoms with Crippen LogP contribution >= 0.6 is 0 Å². The molecule has 2 aromatic heterocycles. The summed E-state index contributed by atoms with van der Waals surface area (Å²) >= 11 is 0. The van der Waals surface area contributed by atoms with Gasteiger partial charge >= 0.3 is 0 Å². The van der Waals surface area contributed by atoms with Crippen molar-refractivity contribution in [3.63, 3.8) is 0 Å². The van der Waals surface area contributed by atoms with Crippen molar-refractivity contribution in [2.75, 3.05) is 4.90 Å². The maximum Gasteiger partial charge on any atom is 0.0541 e. The van der Waals surface area contributed by atoms with E-state index in [1.54, 1.807) is 0 Å². The second kappa shape index (κ2) is 10.3. The first-order valence-electron chi connectivity index (χ1n) is 15.4. The molecular formula is C42H29N3. The number of aromatic nitrogens is 2. The Morgan fingerprint density at radius 3 is 1.02 bits per heavy atom. The first-order valence-corrected chi connectivity index (χ1v) is 15.4. The molecule has 45 heavy (non-hydrogen) atoms. The minimum atomic E-state index is 1.10. The van der Waals surface area contributed by atoms with Crippen molar-refractivity contribution in [2.45, 2.75) is 0 Å². The molecule has 0 saturated heterocycles. The third-order valence-corrected chi connectivity index (χ3v) is 8.87. The van der Waals surface area contributed by atoms with Crippen LogP contribution < -0.4 is 4.90 Å². The molecule has 0 aliphatic rings. The Morgan fingerprint density at radius 2 is 0.622 bits per heavy atom. The SMILES string of the molecule is c1ccc(N(c2cccc(-n3c4ccccc4c4ccccc43)c2)c2cccc(-n3c4ccccc4c4ccccc43)c2)cc1. The Balaban J connectivity index is 1.25. The molecule has 9 rings (SSSR count). The van der Waals surface area contributed by atoms with Crippen LogP contribution in [0.15, 0.2) is 176 Å². The topological polar surface area (TPSA) is 13.1 Å². The van der Waals surface area contributed by atoms with Crippen LogP contribution in [0, 0.1) is 0 Å². The van der Waals surface area contributed by atoms with Crippen LogP contribution in [-0.4, -0.2) is 9.13 Å². The molecule has 0 aliphatic carbocycles. The maximum atomic E-state index is 2.38. The van der Waals surface area contributed by atoms with Crippen LogP contribution in [-0.2, 0) is 0 Å². The van der Waals surface area contributed by atoms with E-state index in [0.717, 1.165) is 28.4 Å². The number of benzene rings is 7. The molecule has 0 spiro atoms. The Kier molecular flexibility index (Phi) is 5.82. The van der Waals surface area contributed by atoms with E-state index in [1.165, 1.54) is 43.6 Å². The molecule has 0 N–H and O–H groups in total. The molecule has 9 aromatic rings. The highest BCUT2D eigenvalue weighted by Crippen LogP contribution is 2.39. The fourth-order valence-electron chi connectivity index (χ4n) is 6.97. The van der Waals surface area contributed by atoms with Crippen molar-refractivity contribution in [2.24, 2.45) is 0 Å². The first kappa shape index (κ1) is 25.4. The summed E-state index contributed by atoms with van der Waals surface area (Å²) in [5, 5.41) is 5.05. The third kappa shape index (κ3) is 4.05. The lowest BCUT2D eigenvalue weighted by Crippen LogP contribution is -2.11. The highest BCUT2D eigenvalue weighted by Gasteiger charge is 2.18. The van der Waals surface area contributed by atoms with E-state index in [1.807, 2.05) is 0 Å². The predicted molar refractivity (Wildman–Crippen MR) is 190 cm³/mol. The molecule has 0 radical (unpaired) electrons. The summed E-state index contributed by atoms with van der Waals surface area (Å²) in [6.07, 6.45) is 0. The van der Waals surface area contributed by atoms with Crippen molar-refractivity contribution < 1.29 is 0 Å². The molecule has 2 heterocycles. The normalized spacial score (nSPS) is 11.6. The summed E-state index contributed by atoms with van der Waals surface area (Å²) in [4.78, 5) is 2.36. The van der Waals surface area contributed by atoms with Gasteiger partial charge in [0, 0.05) is 50.0 Å². The summed E-state index contributed by atoms with van der Waals surface area (Å²) in [5.41, 5.74) is 10.4. The molecule has 0 fully saturated rings. The summed E-state index contributed by atoms with van der Waals surface area (Å²) in [7, 11) is 0. The van der Waals surface area contributed by atoms with Crippen LogP contribution in [0.25, 0.3) is 55.0 Å². The third-order valence-electron chi connectivity index (χ3n) is 8.87. The zero-order valence-electron chi connectivity index (χ0n) is 24.6. The van der Waals surface area contributed by atoms with E-state index in [0.29, 0.717) is 0 Å². The minimum absolute atomic E-state index is 1.10. The van der Waals surface area contributed by atoms with Crippen molar-refractivity contribution in [3.05, 3.63) is 176 Å². The highest BCUT2D eigenvalue weighted by atomic mass is 15.1. The van der Waals surface area contributed by atoms with Crippen LogP contribution in [0.1, 0.15) is 0 Å². The van der Waals surface area contributed by atoms with E-state index < -0.39 is 0 Å². The molecule has 7 aromatic carbocycles. The minimum Gasteiger partial charge on any atom is -0.310 e. The summed E-state index contributed by atoms with van der Waals surface area (Å²) in [6, 6.07) is 63.1. The maximum absolute atomic E-state index is 2.38. The number of anilines is 3. The number of para-hydroxylation sites is 5. The number of hydrogen-bond donors (Lipinski definition) is 0. The van der Waals surface area contributed by atoms with Gasteiger partial charge < -0.3 is 14.0 Å². The number of fused-ring (bicyclic) bond motifs is 6. The van der Waals surface area contributed by atoms with Gasteiger partial charge in [-0.25, -0.2) is 0 Å². The fraction of sp³-hybridized carbons (Fsp3) is 0. The van der Waals surface area contributed by atoms with Crippen LogP contribution in [0.5, 0.6) is 0 Å². The van der Waals surface area contributed by atoms with Gasteiger partial charge in [0.15, 0.2) is 0 Å². The molecule has 0 aliphatic heterocycles. The highest BCUT2D eigenvalue weighted by molar-refractivity contribution is 6.10. The van der Waals surface area contributed by atoms with Gasteiger partial charge in [-0.1, -0.05) is 103 Å². The van der Waals surface area contributed by atoms with Crippen LogP contribution in [0.2, 0.25) is 0 Å². The monoisotopic (exact) mass is 575 g/mol. The molecule has 0 amide bonds. The number of rotatable bonds is 5. The van der Waals surface area contributed by atoms with E-state index in [9.17, 15) is 0 Å². The van der Waals surface area contributed by atoms with Gasteiger partial charge in [0.25, 0.3) is 0 Å². The Labute approximate surface area is 261 Å². The van der Waals surface area contributed by atoms with Crippen molar-refractivity contribution in [1.29, 1.82) is 0 Å². The van der Waals surface area contributed by atoms with Crippen molar-refractivity contribution in [1.82, 2.24) is 9.13 Å². The quantitative estimate of drug-likeness (QED) is 0.199. The molecule has 3 heteroatoms. The molecular weight excluding hydrogens is 546 g/mol. The van der Waals surface area contributed by atoms with Crippen LogP contribution in [0.4, 0.5) is 17.1 Å². The zero-order chi connectivity index (χ0) is 29.7. The van der Waals surface area contributed by atoms with Crippen molar-refractivity contribution in [3.8, 4) is 11.4 Å². The van der Waals surface area contributed by atoms with Gasteiger partial charge in [0.2, 0.25) is 0 Å². The van der Waals surface area contributed by atoms with Crippen LogP contribution in [0.3, 0.4) is 0 Å². The average Bonchev–Trinajstić information content (AvgIpc) is 3.62. The number of hydrogen-bond acceptors (Lipinski definition) is 1. The lowest BCUT2D eigenvalue weighted by molar-refractivity contribution is 1.16. The van der Waals surface area contributed by atoms with Gasteiger partial charge in [-0.05, 0) is 72.8 Å². The molecule has 212 valence electrons. The zero-order valence-corrected chi connectivity index (χ0v) is 24.6. The molecule has 0 atom stereocenters.